The third-order valence-corrected chi connectivity index (χ3v) is 10.2. The van der Waals surface area contributed by atoms with Crippen molar-refractivity contribution in [2.24, 2.45) is 5.41 Å². The first kappa shape index (κ1) is 23.1. The summed E-state index contributed by atoms with van der Waals surface area (Å²) in [4.78, 5) is 15.7. The number of hydrogen-bond donors (Lipinski definition) is 1. The van der Waals surface area contributed by atoms with Gasteiger partial charge in [0.1, 0.15) is 0 Å². The summed E-state index contributed by atoms with van der Waals surface area (Å²) in [5.41, 5.74) is 3.18. The predicted octanol–water partition coefficient (Wildman–Crippen LogP) is 5.78. The SMILES string of the molecule is CCC(C)NS(=O)(=O)c1cccc(C(=O)N2CC3(CCC4(CC4)CC3)c3cc(Br)ccc32)c1. The van der Waals surface area contributed by atoms with Gasteiger partial charge in [0.2, 0.25) is 10.0 Å². The Morgan fingerprint density at radius 3 is 2.45 bits per heavy atom. The zero-order valence-electron chi connectivity index (χ0n) is 19.2. The molecule has 1 unspecified atom stereocenters. The van der Waals surface area contributed by atoms with E-state index < -0.39 is 10.0 Å². The Morgan fingerprint density at radius 2 is 1.79 bits per heavy atom. The van der Waals surface area contributed by atoms with Gasteiger partial charge in [-0.15, -0.1) is 0 Å². The third-order valence-electron chi connectivity index (χ3n) is 8.11. The van der Waals surface area contributed by atoms with Gasteiger partial charge in [-0.3, -0.25) is 4.79 Å². The molecule has 5 rings (SSSR count). The average molecular weight is 532 g/mol. The molecule has 33 heavy (non-hydrogen) atoms. The Labute approximate surface area is 205 Å². The van der Waals surface area contributed by atoms with Gasteiger partial charge in [0.15, 0.2) is 0 Å². The Kier molecular flexibility index (Phi) is 5.73. The van der Waals surface area contributed by atoms with Crippen LogP contribution in [0.2, 0.25) is 0 Å². The van der Waals surface area contributed by atoms with E-state index in [-0.39, 0.29) is 22.3 Å². The Morgan fingerprint density at radius 1 is 1.09 bits per heavy atom. The van der Waals surface area contributed by atoms with Gasteiger partial charge in [-0.1, -0.05) is 28.9 Å². The first-order valence-electron chi connectivity index (χ1n) is 11.9. The van der Waals surface area contributed by atoms with E-state index >= 15 is 0 Å². The monoisotopic (exact) mass is 530 g/mol. The lowest BCUT2D eigenvalue weighted by molar-refractivity contribution is 0.0980. The maximum atomic E-state index is 13.7. The summed E-state index contributed by atoms with van der Waals surface area (Å²) in [6, 6.07) is 12.5. The number of hydrogen-bond acceptors (Lipinski definition) is 3. The number of amides is 1. The van der Waals surface area contributed by atoms with Gasteiger partial charge >= 0.3 is 0 Å². The second-order valence-corrected chi connectivity index (χ2v) is 12.9. The summed E-state index contributed by atoms with van der Waals surface area (Å²) in [5, 5.41) is 0. The van der Waals surface area contributed by atoms with Crippen LogP contribution in [0.1, 0.15) is 74.7 Å². The number of nitrogens with zero attached hydrogens (tertiary/aromatic N) is 1. The molecule has 2 fully saturated rings. The molecule has 5 nitrogen and oxygen atoms in total. The Bertz CT molecular complexity index is 1200. The number of anilines is 1. The molecule has 2 aromatic carbocycles. The van der Waals surface area contributed by atoms with Crippen LogP contribution in [0, 0.1) is 5.41 Å². The van der Waals surface area contributed by atoms with Crippen molar-refractivity contribution >= 4 is 37.5 Å². The average Bonchev–Trinajstić information content (AvgIpc) is 3.50. The number of rotatable bonds is 5. The molecule has 176 valence electrons. The fraction of sp³-hybridized carbons (Fsp3) is 0.500. The summed E-state index contributed by atoms with van der Waals surface area (Å²) in [6.45, 7) is 4.43. The molecule has 0 radical (unpaired) electrons. The van der Waals surface area contributed by atoms with Gasteiger partial charge in [-0.05, 0) is 99.2 Å². The summed E-state index contributed by atoms with van der Waals surface area (Å²) in [5.74, 6) is -0.136. The molecule has 2 aromatic rings. The van der Waals surface area contributed by atoms with Crippen molar-refractivity contribution in [3.05, 3.63) is 58.1 Å². The van der Waals surface area contributed by atoms with Gasteiger partial charge in [-0.25, -0.2) is 13.1 Å². The summed E-state index contributed by atoms with van der Waals surface area (Å²) >= 11 is 3.63. The van der Waals surface area contributed by atoms with Crippen LogP contribution in [-0.4, -0.2) is 26.9 Å². The Balaban J connectivity index is 1.46. The van der Waals surface area contributed by atoms with E-state index in [0.717, 1.165) is 23.0 Å². The molecule has 0 bridgehead atoms. The van der Waals surface area contributed by atoms with Gasteiger partial charge in [-0.2, -0.15) is 0 Å². The van der Waals surface area contributed by atoms with Crippen molar-refractivity contribution in [3.63, 3.8) is 0 Å². The van der Waals surface area contributed by atoms with Gasteiger partial charge in [0.05, 0.1) is 4.90 Å². The molecule has 3 aliphatic rings. The molecular weight excluding hydrogens is 500 g/mol. The molecule has 0 saturated heterocycles. The normalized spacial score (nSPS) is 21.2. The van der Waals surface area contributed by atoms with Gasteiger partial charge in [0.25, 0.3) is 5.91 Å². The molecule has 2 aliphatic carbocycles. The number of sulfonamides is 1. The van der Waals surface area contributed by atoms with Crippen LogP contribution in [-0.2, 0) is 15.4 Å². The molecular formula is C26H31BrN2O3S. The number of fused-ring (bicyclic) bond motifs is 2. The molecule has 0 aromatic heterocycles. The van der Waals surface area contributed by atoms with Crippen molar-refractivity contribution in [2.45, 2.75) is 75.1 Å². The van der Waals surface area contributed by atoms with E-state index in [1.54, 1.807) is 18.2 Å². The minimum absolute atomic E-state index is 0.00951. The number of nitrogens with one attached hydrogen (secondary N) is 1. The molecule has 1 heterocycles. The van der Waals surface area contributed by atoms with Crippen LogP contribution in [0.25, 0.3) is 0 Å². The topological polar surface area (TPSA) is 66.5 Å². The van der Waals surface area contributed by atoms with Gasteiger partial charge < -0.3 is 4.90 Å². The number of carbonyl (C=O) groups excluding carboxylic acids is 1. The van der Waals surface area contributed by atoms with Gasteiger partial charge in [0, 0.05) is 33.7 Å². The van der Waals surface area contributed by atoms with Crippen molar-refractivity contribution in [3.8, 4) is 0 Å². The van der Waals surface area contributed by atoms with E-state index in [1.165, 1.54) is 37.3 Å². The van der Waals surface area contributed by atoms with Crippen LogP contribution in [0.5, 0.6) is 0 Å². The number of benzene rings is 2. The number of carbonyl (C=O) groups is 1. The molecule has 1 amide bonds. The standard InChI is InChI=1S/C26H31BrN2O3S/c1-3-18(2)28-33(31,32)21-6-4-5-19(15-21)24(30)29-17-26(13-11-25(9-10-25)12-14-26)22-16-20(27)7-8-23(22)29/h4-8,15-16,18,28H,3,9-14,17H2,1-2H3. The summed E-state index contributed by atoms with van der Waals surface area (Å²) < 4.78 is 29.3. The lowest BCUT2D eigenvalue weighted by Crippen LogP contribution is -2.40. The molecule has 1 aliphatic heterocycles. The van der Waals surface area contributed by atoms with E-state index in [0.29, 0.717) is 23.9 Å². The lowest BCUT2D eigenvalue weighted by Gasteiger charge is -2.38. The molecule has 1 N–H and O–H groups in total. The molecule has 2 saturated carbocycles. The largest absolute Gasteiger partial charge is 0.307 e. The highest BCUT2D eigenvalue weighted by Gasteiger charge is 2.53. The van der Waals surface area contributed by atoms with Crippen LogP contribution in [0.15, 0.2) is 51.8 Å². The minimum Gasteiger partial charge on any atom is -0.307 e. The van der Waals surface area contributed by atoms with E-state index in [2.05, 4.69) is 26.7 Å². The van der Waals surface area contributed by atoms with E-state index in [1.807, 2.05) is 30.9 Å². The highest BCUT2D eigenvalue weighted by atomic mass is 79.9. The third kappa shape index (κ3) is 4.17. The first-order chi connectivity index (χ1) is 15.7. The van der Waals surface area contributed by atoms with Crippen LogP contribution in [0.3, 0.4) is 0 Å². The Hall–Kier alpha value is -1.70. The van der Waals surface area contributed by atoms with Crippen LogP contribution >= 0.6 is 15.9 Å². The smallest absolute Gasteiger partial charge is 0.258 e. The lowest BCUT2D eigenvalue weighted by atomic mass is 9.66. The van der Waals surface area contributed by atoms with E-state index in [9.17, 15) is 13.2 Å². The van der Waals surface area contributed by atoms with Crippen molar-refractivity contribution in [1.82, 2.24) is 4.72 Å². The maximum Gasteiger partial charge on any atom is 0.258 e. The zero-order chi connectivity index (χ0) is 23.4. The number of halogens is 1. The molecule has 7 heteroatoms. The summed E-state index contributed by atoms with van der Waals surface area (Å²) in [6.07, 6.45) is 8.07. The van der Waals surface area contributed by atoms with E-state index in [4.69, 9.17) is 0 Å². The first-order valence-corrected chi connectivity index (χ1v) is 14.2. The maximum absolute atomic E-state index is 13.7. The second-order valence-electron chi connectivity index (χ2n) is 10.3. The highest BCUT2D eigenvalue weighted by molar-refractivity contribution is 9.10. The van der Waals surface area contributed by atoms with Crippen molar-refractivity contribution < 1.29 is 13.2 Å². The second kappa shape index (κ2) is 8.21. The zero-order valence-corrected chi connectivity index (χ0v) is 21.6. The quantitative estimate of drug-likeness (QED) is 0.532. The molecule has 2 spiro atoms. The fourth-order valence-electron chi connectivity index (χ4n) is 5.55. The van der Waals surface area contributed by atoms with Crippen molar-refractivity contribution in [2.75, 3.05) is 11.4 Å². The van der Waals surface area contributed by atoms with Crippen LogP contribution in [0.4, 0.5) is 5.69 Å². The molecule has 1 atom stereocenters. The summed E-state index contributed by atoms with van der Waals surface area (Å²) in [7, 11) is -3.68. The van der Waals surface area contributed by atoms with Crippen molar-refractivity contribution in [1.29, 1.82) is 0 Å². The fourth-order valence-corrected chi connectivity index (χ4v) is 7.29. The predicted molar refractivity (Wildman–Crippen MR) is 134 cm³/mol. The highest BCUT2D eigenvalue weighted by Crippen LogP contribution is 2.62. The minimum atomic E-state index is -3.68. The van der Waals surface area contributed by atoms with Crippen LogP contribution < -0.4 is 9.62 Å².